The third-order valence-corrected chi connectivity index (χ3v) is 4.22. The van der Waals surface area contributed by atoms with Crippen molar-refractivity contribution in [3.63, 3.8) is 0 Å². The number of oxazole rings is 1. The maximum Gasteiger partial charge on any atom is 0.290 e. The van der Waals surface area contributed by atoms with Gasteiger partial charge in [-0.25, -0.2) is 9.37 Å². The molecule has 3 aromatic rings. The number of carbonyl (C=O) groups excluding carboxylic acids is 3. The molecule has 3 N–H and O–H groups in total. The van der Waals surface area contributed by atoms with Crippen LogP contribution in [-0.2, 0) is 16.0 Å². The molecule has 0 fully saturated rings. The van der Waals surface area contributed by atoms with E-state index in [1.54, 1.807) is 36.4 Å². The smallest absolute Gasteiger partial charge is 0.290 e. The third kappa shape index (κ3) is 4.55. The molecule has 2 amide bonds. The van der Waals surface area contributed by atoms with Crippen molar-refractivity contribution in [1.29, 1.82) is 0 Å². The zero-order valence-corrected chi connectivity index (χ0v) is 15.5. The lowest BCUT2D eigenvalue weighted by molar-refractivity contribution is -0.137. The number of rotatable bonds is 7. The van der Waals surface area contributed by atoms with Crippen LogP contribution in [0.3, 0.4) is 0 Å². The average molecular weight is 395 g/mol. The van der Waals surface area contributed by atoms with Crippen LogP contribution >= 0.6 is 0 Å². The summed E-state index contributed by atoms with van der Waals surface area (Å²) >= 11 is 0. The molecule has 0 unspecified atom stereocenters. The summed E-state index contributed by atoms with van der Waals surface area (Å²) in [6.07, 6.45) is 0.0521. The first-order chi connectivity index (χ1) is 13.9. The number of aryl methyl sites for hydroxylation is 1. The number of amides is 2. The number of primary amides is 1. The Morgan fingerprint density at radius 1 is 1.10 bits per heavy atom. The first-order valence-electron chi connectivity index (χ1n) is 8.77. The van der Waals surface area contributed by atoms with Gasteiger partial charge in [-0.3, -0.25) is 14.4 Å². The molecule has 1 heterocycles. The minimum Gasteiger partial charge on any atom is -0.435 e. The van der Waals surface area contributed by atoms with Crippen molar-refractivity contribution in [3.05, 3.63) is 77.6 Å². The van der Waals surface area contributed by atoms with Gasteiger partial charge in [-0.05, 0) is 17.7 Å². The number of nitrogens with one attached hydrogen (secondary N) is 1. The minimum absolute atomic E-state index is 0.00286. The Bertz CT molecular complexity index is 1060. The summed E-state index contributed by atoms with van der Waals surface area (Å²) < 4.78 is 19.5. The van der Waals surface area contributed by atoms with Crippen LogP contribution in [0.15, 0.2) is 59.0 Å². The highest BCUT2D eigenvalue weighted by atomic mass is 19.1. The number of Topliss-reactive ketones (excluding diaryl/α,β-unsaturated/α-hetero) is 1. The number of carbonyl (C=O) groups is 3. The standard InChI is InChI=1S/C21H18FN3O4/c1-12-24-17(14-9-5-6-10-15(14)22)19(29-12)21(28)25-16(18(26)20(23)27)11-13-7-3-2-4-8-13/h2-10,16H,11H2,1H3,(H2,23,27)(H,25,28)/t16-/m1/s1. The molecule has 29 heavy (non-hydrogen) atoms. The zero-order valence-electron chi connectivity index (χ0n) is 15.5. The minimum atomic E-state index is -1.21. The molecule has 0 aliphatic carbocycles. The molecule has 7 nitrogen and oxygen atoms in total. The lowest BCUT2D eigenvalue weighted by atomic mass is 10.0. The summed E-state index contributed by atoms with van der Waals surface area (Å²) in [5.41, 5.74) is 5.92. The molecule has 0 saturated heterocycles. The van der Waals surface area contributed by atoms with Crippen molar-refractivity contribution in [1.82, 2.24) is 10.3 Å². The van der Waals surface area contributed by atoms with Gasteiger partial charge in [-0.2, -0.15) is 0 Å². The molecular weight excluding hydrogens is 377 g/mol. The SMILES string of the molecule is Cc1nc(-c2ccccc2F)c(C(=O)N[C@H](Cc2ccccc2)C(=O)C(N)=O)o1. The van der Waals surface area contributed by atoms with E-state index >= 15 is 0 Å². The molecule has 0 aliphatic rings. The van der Waals surface area contributed by atoms with Gasteiger partial charge in [0.1, 0.15) is 17.6 Å². The van der Waals surface area contributed by atoms with E-state index < -0.39 is 29.5 Å². The highest BCUT2D eigenvalue weighted by Gasteiger charge is 2.29. The number of nitrogens with two attached hydrogens (primary N) is 1. The monoisotopic (exact) mass is 395 g/mol. The summed E-state index contributed by atoms with van der Waals surface area (Å²) in [6, 6.07) is 13.4. The van der Waals surface area contributed by atoms with E-state index in [0.717, 1.165) is 5.56 Å². The van der Waals surface area contributed by atoms with Gasteiger partial charge in [0.2, 0.25) is 11.5 Å². The quantitative estimate of drug-likeness (QED) is 0.595. The van der Waals surface area contributed by atoms with Crippen molar-refractivity contribution in [2.24, 2.45) is 5.73 Å². The summed E-state index contributed by atoms with van der Waals surface area (Å²) in [6.45, 7) is 1.51. The maximum absolute atomic E-state index is 14.2. The Kier molecular flexibility index (Phi) is 5.82. The molecule has 0 spiro atoms. The molecule has 0 radical (unpaired) electrons. The third-order valence-electron chi connectivity index (χ3n) is 4.22. The number of ketones is 1. The normalized spacial score (nSPS) is 11.7. The number of hydrogen-bond acceptors (Lipinski definition) is 5. The molecule has 0 aliphatic heterocycles. The Morgan fingerprint density at radius 3 is 2.41 bits per heavy atom. The second-order valence-corrected chi connectivity index (χ2v) is 6.33. The van der Waals surface area contributed by atoms with Gasteiger partial charge in [-0.1, -0.05) is 42.5 Å². The van der Waals surface area contributed by atoms with Crippen LogP contribution in [0, 0.1) is 12.7 Å². The van der Waals surface area contributed by atoms with E-state index in [1.807, 2.05) is 0 Å². The van der Waals surface area contributed by atoms with Gasteiger partial charge in [0, 0.05) is 18.9 Å². The number of nitrogens with zero attached hydrogens (tertiary/aromatic N) is 1. The van der Waals surface area contributed by atoms with Gasteiger partial charge in [0.25, 0.3) is 11.8 Å². The van der Waals surface area contributed by atoms with Crippen molar-refractivity contribution in [2.45, 2.75) is 19.4 Å². The van der Waals surface area contributed by atoms with Crippen LogP contribution in [0.5, 0.6) is 0 Å². The van der Waals surface area contributed by atoms with Crippen LogP contribution < -0.4 is 11.1 Å². The van der Waals surface area contributed by atoms with Crippen LogP contribution in [0.2, 0.25) is 0 Å². The van der Waals surface area contributed by atoms with E-state index in [0.29, 0.717) is 0 Å². The number of hydrogen-bond donors (Lipinski definition) is 2. The highest BCUT2D eigenvalue weighted by Crippen LogP contribution is 2.26. The van der Waals surface area contributed by atoms with E-state index in [-0.39, 0.29) is 29.3 Å². The van der Waals surface area contributed by atoms with Gasteiger partial charge >= 0.3 is 0 Å². The van der Waals surface area contributed by atoms with Crippen LogP contribution in [-0.4, -0.2) is 28.6 Å². The number of aromatic nitrogens is 1. The molecule has 0 saturated carbocycles. The number of benzene rings is 2. The summed E-state index contributed by atoms with van der Waals surface area (Å²) in [5.74, 6) is -3.62. The largest absolute Gasteiger partial charge is 0.435 e. The van der Waals surface area contributed by atoms with E-state index in [1.165, 1.54) is 25.1 Å². The second-order valence-electron chi connectivity index (χ2n) is 6.33. The first kappa shape index (κ1) is 19.9. The zero-order chi connectivity index (χ0) is 21.0. The van der Waals surface area contributed by atoms with Crippen LogP contribution in [0.4, 0.5) is 4.39 Å². The van der Waals surface area contributed by atoms with Gasteiger partial charge in [0.15, 0.2) is 5.89 Å². The average Bonchev–Trinajstić information content (AvgIpc) is 3.09. The molecule has 1 atom stereocenters. The first-order valence-corrected chi connectivity index (χ1v) is 8.77. The van der Waals surface area contributed by atoms with Crippen LogP contribution in [0.25, 0.3) is 11.3 Å². The molecule has 2 aromatic carbocycles. The molecule has 8 heteroatoms. The highest BCUT2D eigenvalue weighted by molar-refractivity contribution is 6.38. The summed E-state index contributed by atoms with van der Waals surface area (Å²) in [7, 11) is 0. The summed E-state index contributed by atoms with van der Waals surface area (Å²) in [4.78, 5) is 40.6. The lowest BCUT2D eigenvalue weighted by Crippen LogP contribution is -2.47. The Balaban J connectivity index is 1.91. The van der Waals surface area contributed by atoms with Gasteiger partial charge in [-0.15, -0.1) is 0 Å². The fourth-order valence-corrected chi connectivity index (χ4v) is 2.87. The maximum atomic E-state index is 14.2. The van der Waals surface area contributed by atoms with Gasteiger partial charge in [0.05, 0.1) is 0 Å². The van der Waals surface area contributed by atoms with Crippen molar-refractivity contribution >= 4 is 17.6 Å². The molecule has 1 aromatic heterocycles. The molecular formula is C21H18FN3O4. The molecule has 0 bridgehead atoms. The second kappa shape index (κ2) is 8.47. The van der Waals surface area contributed by atoms with Crippen molar-refractivity contribution in [3.8, 4) is 11.3 Å². The fourth-order valence-electron chi connectivity index (χ4n) is 2.87. The fraction of sp³-hybridized carbons (Fsp3) is 0.143. The predicted octanol–water partition coefficient (Wildman–Crippen LogP) is 2.18. The molecule has 148 valence electrons. The van der Waals surface area contributed by atoms with E-state index in [9.17, 15) is 18.8 Å². The number of halogens is 1. The predicted molar refractivity (Wildman–Crippen MR) is 102 cm³/mol. The van der Waals surface area contributed by atoms with Crippen molar-refractivity contribution < 1.29 is 23.2 Å². The Hall–Kier alpha value is -3.81. The van der Waals surface area contributed by atoms with Crippen molar-refractivity contribution in [2.75, 3.05) is 0 Å². The summed E-state index contributed by atoms with van der Waals surface area (Å²) in [5, 5.41) is 2.46. The topological polar surface area (TPSA) is 115 Å². The lowest BCUT2D eigenvalue weighted by Gasteiger charge is -2.16. The van der Waals surface area contributed by atoms with E-state index in [4.69, 9.17) is 10.2 Å². The molecule has 3 rings (SSSR count). The van der Waals surface area contributed by atoms with Crippen LogP contribution in [0.1, 0.15) is 22.0 Å². The van der Waals surface area contributed by atoms with E-state index in [2.05, 4.69) is 10.3 Å². The van der Waals surface area contributed by atoms with Gasteiger partial charge < -0.3 is 15.5 Å². The Morgan fingerprint density at radius 2 is 1.76 bits per heavy atom. The Labute approximate surface area is 165 Å².